The average Bonchev–Trinajstić information content (AvgIpc) is 3.50. The van der Waals surface area contributed by atoms with Crippen molar-refractivity contribution in [3.8, 4) is 17.2 Å². The summed E-state index contributed by atoms with van der Waals surface area (Å²) in [6.45, 7) is 29.4. The molecule has 451 valence electrons. The first kappa shape index (κ1) is 76.3. The van der Waals surface area contributed by atoms with Gasteiger partial charge in [-0.1, -0.05) is 156 Å². The molecule has 3 aromatic carbocycles. The summed E-state index contributed by atoms with van der Waals surface area (Å²) in [4.78, 5) is 13.9. The summed E-state index contributed by atoms with van der Waals surface area (Å²) in [7, 11) is 0. The van der Waals surface area contributed by atoms with Crippen LogP contribution in [-0.4, -0.2) is 78.3 Å². The Balaban J connectivity index is 0.00000115. The van der Waals surface area contributed by atoms with E-state index in [1.165, 1.54) is 0 Å². The largest absolute Gasteiger partial charge is 3.00 e. The molecule has 3 aromatic rings. The fourth-order valence-electron chi connectivity index (χ4n) is 7.43. The molecule has 0 aliphatic rings. The third-order valence-electron chi connectivity index (χ3n) is 13.1. The summed E-state index contributed by atoms with van der Waals surface area (Å²) < 4.78 is 52.3. The Morgan fingerprint density at radius 3 is 0.608 bits per heavy atom. The van der Waals surface area contributed by atoms with Gasteiger partial charge in [0.05, 0.1) is 19.8 Å². The van der Waals surface area contributed by atoms with Gasteiger partial charge in [0, 0.05) is 39.6 Å². The normalized spacial score (nSPS) is 13.6. The summed E-state index contributed by atoms with van der Waals surface area (Å²) >= 11 is 0. The Labute approximate surface area is 493 Å². The molecule has 0 aromatic heterocycles. The maximum Gasteiger partial charge on any atom is 3.00 e. The predicted molar refractivity (Wildman–Crippen MR) is 302 cm³/mol. The zero-order valence-corrected chi connectivity index (χ0v) is 52.4. The van der Waals surface area contributed by atoms with Crippen molar-refractivity contribution in [2.75, 3.05) is 59.5 Å². The molecule has 0 amide bonds. The van der Waals surface area contributed by atoms with E-state index in [1.54, 1.807) is 20.8 Å². The molecule has 1 radical (unpaired) electrons. The minimum atomic E-state index is -1.22. The first-order chi connectivity index (χ1) is 37.9. The van der Waals surface area contributed by atoms with Gasteiger partial charge in [0.2, 0.25) is 0 Å². The standard InChI is InChI=1S/3C21H36O5.Ti/c3*1-5-8-15-23-19-13-11-18(12-14-19)21(4,26-22)20(24-16-9-6-2)25-17-10-7-3;/h3*11-14,20,22H,5-10,15-17H2,1-4H3;/q;;;+3/p-3. The van der Waals surface area contributed by atoms with Crippen molar-refractivity contribution in [1.82, 2.24) is 0 Å². The Kier molecular flexibility index (Phi) is 46.1. The van der Waals surface area contributed by atoms with Crippen LogP contribution in [-0.2, 0) is 81.6 Å². The van der Waals surface area contributed by atoms with E-state index in [1.807, 2.05) is 72.8 Å². The van der Waals surface area contributed by atoms with Crippen molar-refractivity contribution in [3.05, 3.63) is 89.5 Å². The molecular formula is C63H105O15Ti. The summed E-state index contributed by atoms with van der Waals surface area (Å²) in [5.41, 5.74) is -1.51. The minimum absolute atomic E-state index is 0. The molecule has 0 aliphatic carbocycles. The molecule has 0 spiro atoms. The van der Waals surface area contributed by atoms with Crippen LogP contribution in [0.3, 0.4) is 0 Å². The first-order valence-corrected chi connectivity index (χ1v) is 29.7. The molecule has 0 bridgehead atoms. The number of unbranched alkanes of at least 4 members (excludes halogenated alkanes) is 9. The van der Waals surface area contributed by atoms with E-state index in [0.29, 0.717) is 76.2 Å². The Morgan fingerprint density at radius 2 is 0.456 bits per heavy atom. The third kappa shape index (κ3) is 29.4. The number of ether oxygens (including phenoxy) is 9. The monoisotopic (exact) mass is 1150 g/mol. The van der Waals surface area contributed by atoms with E-state index in [4.69, 9.17) is 42.6 Å². The molecule has 16 heteroatoms. The minimum Gasteiger partial charge on any atom is -0.722 e. The fraction of sp³-hybridized carbons (Fsp3) is 0.714. The second kappa shape index (κ2) is 47.7. The maximum absolute atomic E-state index is 11.7. The summed E-state index contributed by atoms with van der Waals surface area (Å²) in [5, 5.41) is 35.0. The quantitative estimate of drug-likeness (QED) is 0.0171. The zero-order chi connectivity index (χ0) is 57.8. The van der Waals surface area contributed by atoms with Crippen molar-refractivity contribution >= 4 is 0 Å². The molecular weight excluding hydrogens is 1040 g/mol. The molecule has 3 atom stereocenters. The number of hydrogen-bond donors (Lipinski definition) is 0. The third-order valence-corrected chi connectivity index (χ3v) is 13.1. The van der Waals surface area contributed by atoms with Crippen LogP contribution < -0.4 is 30.0 Å². The van der Waals surface area contributed by atoms with Crippen LogP contribution >= 0.6 is 0 Å². The smallest absolute Gasteiger partial charge is 0.722 e. The van der Waals surface area contributed by atoms with E-state index < -0.39 is 35.7 Å². The summed E-state index contributed by atoms with van der Waals surface area (Å²) in [5.74, 6) is 2.35. The van der Waals surface area contributed by atoms with Crippen LogP contribution in [0, 0.1) is 0 Å². The molecule has 0 heterocycles. The number of rotatable bonds is 45. The second-order valence-corrected chi connectivity index (χ2v) is 20.1. The maximum atomic E-state index is 11.7. The van der Waals surface area contributed by atoms with Crippen molar-refractivity contribution in [2.24, 2.45) is 0 Å². The molecule has 15 nitrogen and oxygen atoms in total. The van der Waals surface area contributed by atoms with Gasteiger partial charge < -0.3 is 73.1 Å². The predicted octanol–water partition coefficient (Wildman–Crippen LogP) is 13.0. The van der Waals surface area contributed by atoms with Gasteiger partial charge >= 0.3 is 21.7 Å². The first-order valence-electron chi connectivity index (χ1n) is 29.7. The van der Waals surface area contributed by atoms with E-state index in [2.05, 4.69) is 77.0 Å². The number of benzene rings is 3. The summed E-state index contributed by atoms with van der Waals surface area (Å²) in [6.07, 6.45) is 15.6. The van der Waals surface area contributed by atoms with E-state index >= 15 is 0 Å². The van der Waals surface area contributed by atoms with Crippen LogP contribution in [0.25, 0.3) is 0 Å². The molecule has 3 rings (SSSR count). The van der Waals surface area contributed by atoms with Crippen LogP contribution in [0.15, 0.2) is 72.8 Å². The SMILES string of the molecule is CCCCOc1ccc(C(C)(O[O-])C(OCCCC)OCCCC)cc1.CCCCOc1ccc(C(C)(O[O-])C(OCCCC)OCCCC)cc1.CCCCOc1ccc(C(C)(O[O-])C(OCCCC)OCCCC)cc1.[Ti+3]. The Morgan fingerprint density at radius 1 is 0.291 bits per heavy atom. The van der Waals surface area contributed by atoms with Gasteiger partial charge in [-0.3, -0.25) is 0 Å². The Hall–Kier alpha value is -2.71. The van der Waals surface area contributed by atoms with E-state index in [0.717, 1.165) is 133 Å². The zero-order valence-electron chi connectivity index (χ0n) is 50.9. The van der Waals surface area contributed by atoms with Crippen LogP contribution in [0.1, 0.15) is 215 Å². The van der Waals surface area contributed by atoms with Gasteiger partial charge in [0.25, 0.3) is 0 Å². The molecule has 0 N–H and O–H groups in total. The van der Waals surface area contributed by atoms with Crippen LogP contribution in [0.5, 0.6) is 17.2 Å². The van der Waals surface area contributed by atoms with Gasteiger partial charge in [0.15, 0.2) is 18.9 Å². The fourth-order valence-corrected chi connectivity index (χ4v) is 7.43. The summed E-state index contributed by atoms with van der Waals surface area (Å²) in [6, 6.07) is 22.2. The molecule has 0 saturated carbocycles. The average molecular weight is 1150 g/mol. The second-order valence-electron chi connectivity index (χ2n) is 20.1. The van der Waals surface area contributed by atoms with Crippen LogP contribution in [0.2, 0.25) is 0 Å². The van der Waals surface area contributed by atoms with E-state index in [9.17, 15) is 15.8 Å². The molecule has 0 fully saturated rings. The topological polar surface area (TPSA) is 180 Å². The van der Waals surface area contributed by atoms with E-state index in [-0.39, 0.29) is 21.7 Å². The van der Waals surface area contributed by atoms with Crippen LogP contribution in [0.4, 0.5) is 0 Å². The van der Waals surface area contributed by atoms with Crippen molar-refractivity contribution in [2.45, 2.75) is 234 Å². The van der Waals surface area contributed by atoms with Crippen molar-refractivity contribution in [1.29, 1.82) is 0 Å². The molecule has 0 saturated heterocycles. The molecule has 0 aliphatic heterocycles. The van der Waals surface area contributed by atoms with Crippen molar-refractivity contribution in [3.63, 3.8) is 0 Å². The van der Waals surface area contributed by atoms with Gasteiger partial charge in [-0.15, -0.1) is 0 Å². The Bertz CT molecular complexity index is 1570. The van der Waals surface area contributed by atoms with Gasteiger partial charge in [-0.2, -0.15) is 0 Å². The number of hydrogen-bond acceptors (Lipinski definition) is 15. The molecule has 3 unspecified atom stereocenters. The van der Waals surface area contributed by atoms with Gasteiger partial charge in [-0.25, -0.2) is 0 Å². The van der Waals surface area contributed by atoms with Gasteiger partial charge in [0.1, 0.15) is 34.1 Å². The van der Waals surface area contributed by atoms with Gasteiger partial charge in [-0.05, 0) is 132 Å². The van der Waals surface area contributed by atoms with Crippen molar-refractivity contribution < 1.29 is 94.8 Å². The molecule has 79 heavy (non-hydrogen) atoms.